The highest BCUT2D eigenvalue weighted by Gasteiger charge is 2.14. The Morgan fingerprint density at radius 1 is 1.03 bits per heavy atom. The minimum atomic E-state index is -0.238. The summed E-state index contributed by atoms with van der Waals surface area (Å²) in [5.41, 5.74) is 3.30. The monoisotopic (exact) mass is 405 g/mol. The molecule has 1 aromatic heterocycles. The molecule has 1 heterocycles. The number of imidazole rings is 1. The Morgan fingerprint density at radius 3 is 2.53 bits per heavy atom. The molecule has 0 amide bonds. The van der Waals surface area contributed by atoms with Crippen LogP contribution in [0.5, 0.6) is 5.75 Å². The Morgan fingerprint density at radius 2 is 1.80 bits per heavy atom. The standard InChI is InChI=1S/C24H31N5O/c1-24(2,3)30-22-11-6-5-10-21(22)16-28-23(25-4)27-15-19-8-7-9-20(14-19)17-29-13-12-26-18-29/h5-14,18H,15-17H2,1-4H3,(H2,25,27,28). The van der Waals surface area contributed by atoms with E-state index in [0.717, 1.165) is 23.8 Å². The first-order chi connectivity index (χ1) is 14.4. The van der Waals surface area contributed by atoms with Crippen LogP contribution < -0.4 is 15.4 Å². The van der Waals surface area contributed by atoms with E-state index in [4.69, 9.17) is 4.74 Å². The molecule has 0 atom stereocenters. The molecular weight excluding hydrogens is 374 g/mol. The van der Waals surface area contributed by atoms with Crippen molar-refractivity contribution in [2.75, 3.05) is 7.05 Å². The molecule has 0 fully saturated rings. The van der Waals surface area contributed by atoms with Crippen LogP contribution >= 0.6 is 0 Å². The van der Waals surface area contributed by atoms with Crippen LogP contribution in [0.1, 0.15) is 37.5 Å². The van der Waals surface area contributed by atoms with Gasteiger partial charge in [-0.1, -0.05) is 42.5 Å². The third kappa shape index (κ3) is 6.65. The number of rotatable bonds is 7. The highest BCUT2D eigenvalue weighted by Crippen LogP contribution is 2.22. The van der Waals surface area contributed by atoms with Crippen LogP contribution in [0.3, 0.4) is 0 Å². The van der Waals surface area contributed by atoms with E-state index in [1.165, 1.54) is 11.1 Å². The van der Waals surface area contributed by atoms with Crippen molar-refractivity contribution in [2.24, 2.45) is 4.99 Å². The molecule has 0 spiro atoms. The fraction of sp³-hybridized carbons (Fsp3) is 0.333. The third-order valence-corrected chi connectivity index (χ3v) is 4.43. The van der Waals surface area contributed by atoms with Crippen LogP contribution in [-0.2, 0) is 19.6 Å². The number of nitrogens with zero attached hydrogens (tertiary/aromatic N) is 3. The van der Waals surface area contributed by atoms with Crippen molar-refractivity contribution in [1.29, 1.82) is 0 Å². The highest BCUT2D eigenvalue weighted by molar-refractivity contribution is 5.79. The molecule has 3 aromatic rings. The van der Waals surface area contributed by atoms with Crippen molar-refractivity contribution in [3.05, 3.63) is 83.9 Å². The number of guanidine groups is 1. The summed E-state index contributed by atoms with van der Waals surface area (Å²) in [6.07, 6.45) is 5.60. The molecule has 0 aliphatic heterocycles. The number of hydrogen-bond donors (Lipinski definition) is 2. The van der Waals surface area contributed by atoms with E-state index in [1.807, 2.05) is 30.7 Å². The van der Waals surface area contributed by atoms with Gasteiger partial charge in [0.15, 0.2) is 5.96 Å². The van der Waals surface area contributed by atoms with Crippen LogP contribution in [0.15, 0.2) is 72.2 Å². The van der Waals surface area contributed by atoms with Gasteiger partial charge in [0.25, 0.3) is 0 Å². The van der Waals surface area contributed by atoms with Gasteiger partial charge in [0, 0.05) is 44.6 Å². The molecule has 0 saturated carbocycles. The lowest BCUT2D eigenvalue weighted by Crippen LogP contribution is -2.36. The van der Waals surface area contributed by atoms with Gasteiger partial charge in [-0.15, -0.1) is 0 Å². The van der Waals surface area contributed by atoms with Crippen molar-refractivity contribution >= 4 is 5.96 Å². The van der Waals surface area contributed by atoms with Crippen molar-refractivity contribution in [1.82, 2.24) is 20.2 Å². The van der Waals surface area contributed by atoms with Crippen molar-refractivity contribution in [3.8, 4) is 5.75 Å². The molecule has 6 nitrogen and oxygen atoms in total. The van der Waals surface area contributed by atoms with Crippen molar-refractivity contribution < 1.29 is 4.74 Å². The number of nitrogens with one attached hydrogen (secondary N) is 2. The number of hydrogen-bond acceptors (Lipinski definition) is 3. The number of ether oxygens (including phenoxy) is 1. The first-order valence-corrected chi connectivity index (χ1v) is 10.2. The number of aliphatic imine (C=N–C) groups is 1. The van der Waals surface area contributed by atoms with E-state index in [0.29, 0.717) is 13.1 Å². The van der Waals surface area contributed by atoms with Crippen LogP contribution in [0.4, 0.5) is 0 Å². The number of para-hydroxylation sites is 1. The lowest BCUT2D eigenvalue weighted by atomic mass is 10.1. The van der Waals surface area contributed by atoms with Gasteiger partial charge in [-0.2, -0.15) is 0 Å². The van der Waals surface area contributed by atoms with Gasteiger partial charge < -0.3 is 19.9 Å². The second-order valence-electron chi connectivity index (χ2n) is 8.16. The fourth-order valence-electron chi connectivity index (χ4n) is 3.09. The molecule has 3 rings (SSSR count). The zero-order valence-electron chi connectivity index (χ0n) is 18.2. The topological polar surface area (TPSA) is 63.5 Å². The Balaban J connectivity index is 1.56. The van der Waals surface area contributed by atoms with Gasteiger partial charge in [-0.3, -0.25) is 4.99 Å². The molecule has 0 aliphatic carbocycles. The quantitative estimate of drug-likeness (QED) is 0.461. The molecule has 6 heteroatoms. The summed E-state index contributed by atoms with van der Waals surface area (Å²) in [5, 5.41) is 6.77. The van der Waals surface area contributed by atoms with Gasteiger partial charge in [0.1, 0.15) is 11.4 Å². The zero-order chi connectivity index (χ0) is 21.4. The molecule has 2 aromatic carbocycles. The largest absolute Gasteiger partial charge is 0.488 e. The first-order valence-electron chi connectivity index (χ1n) is 10.2. The lowest BCUT2D eigenvalue weighted by molar-refractivity contribution is 0.129. The summed E-state index contributed by atoms with van der Waals surface area (Å²) in [7, 11) is 1.78. The molecule has 0 unspecified atom stereocenters. The molecular formula is C24H31N5O. The summed E-state index contributed by atoms with van der Waals surface area (Å²) in [4.78, 5) is 8.45. The molecule has 2 N–H and O–H groups in total. The van der Waals surface area contributed by atoms with Gasteiger partial charge >= 0.3 is 0 Å². The smallest absolute Gasteiger partial charge is 0.191 e. The number of aromatic nitrogens is 2. The van der Waals surface area contributed by atoms with E-state index < -0.39 is 0 Å². The molecule has 30 heavy (non-hydrogen) atoms. The Labute approximate surface area is 179 Å². The maximum atomic E-state index is 6.08. The maximum Gasteiger partial charge on any atom is 0.191 e. The Bertz CT molecular complexity index is 958. The first kappa shape index (κ1) is 21.4. The van der Waals surface area contributed by atoms with E-state index in [2.05, 4.69) is 76.3 Å². The molecule has 0 saturated heterocycles. The summed E-state index contributed by atoms with van der Waals surface area (Å²) >= 11 is 0. The molecule has 158 valence electrons. The summed E-state index contributed by atoms with van der Waals surface area (Å²) in [6, 6.07) is 16.6. The van der Waals surface area contributed by atoms with Gasteiger partial charge in [0.05, 0.1) is 6.33 Å². The predicted molar refractivity (Wildman–Crippen MR) is 122 cm³/mol. The van der Waals surface area contributed by atoms with Crippen LogP contribution in [0.2, 0.25) is 0 Å². The van der Waals surface area contributed by atoms with E-state index in [1.54, 1.807) is 13.2 Å². The van der Waals surface area contributed by atoms with Gasteiger partial charge in [-0.25, -0.2) is 4.98 Å². The average molecular weight is 406 g/mol. The van der Waals surface area contributed by atoms with Crippen LogP contribution in [0, 0.1) is 0 Å². The number of benzene rings is 2. The van der Waals surface area contributed by atoms with E-state index in [-0.39, 0.29) is 5.60 Å². The van der Waals surface area contributed by atoms with Gasteiger partial charge in [-0.05, 0) is 38.0 Å². The summed E-state index contributed by atoms with van der Waals surface area (Å²) in [6.45, 7) is 8.30. The lowest BCUT2D eigenvalue weighted by Gasteiger charge is -2.23. The summed E-state index contributed by atoms with van der Waals surface area (Å²) in [5.74, 6) is 1.64. The average Bonchev–Trinajstić information content (AvgIpc) is 3.21. The molecule has 0 bridgehead atoms. The SMILES string of the molecule is CN=C(NCc1cccc(Cn2ccnc2)c1)NCc1ccccc1OC(C)(C)C. The minimum absolute atomic E-state index is 0.238. The van der Waals surface area contributed by atoms with Crippen molar-refractivity contribution in [2.45, 2.75) is 46.0 Å². The minimum Gasteiger partial charge on any atom is -0.488 e. The Kier molecular flexibility index (Phi) is 7.12. The Hall–Kier alpha value is -3.28. The second-order valence-corrected chi connectivity index (χ2v) is 8.16. The maximum absolute atomic E-state index is 6.08. The normalized spacial score (nSPS) is 11.9. The van der Waals surface area contributed by atoms with Crippen LogP contribution in [-0.4, -0.2) is 28.2 Å². The second kappa shape index (κ2) is 9.96. The fourth-order valence-corrected chi connectivity index (χ4v) is 3.09. The molecule has 0 radical (unpaired) electrons. The molecule has 0 aliphatic rings. The highest BCUT2D eigenvalue weighted by atomic mass is 16.5. The predicted octanol–water partition coefficient (Wildman–Crippen LogP) is 3.97. The van der Waals surface area contributed by atoms with Crippen molar-refractivity contribution in [3.63, 3.8) is 0 Å². The van der Waals surface area contributed by atoms with E-state index >= 15 is 0 Å². The van der Waals surface area contributed by atoms with Gasteiger partial charge in [0.2, 0.25) is 0 Å². The third-order valence-electron chi connectivity index (χ3n) is 4.43. The van der Waals surface area contributed by atoms with E-state index in [9.17, 15) is 0 Å². The zero-order valence-corrected chi connectivity index (χ0v) is 18.2. The summed E-state index contributed by atoms with van der Waals surface area (Å²) < 4.78 is 8.14. The van der Waals surface area contributed by atoms with Crippen LogP contribution in [0.25, 0.3) is 0 Å².